The zero-order valence-corrected chi connectivity index (χ0v) is 30.5. The lowest BCUT2D eigenvalue weighted by Gasteiger charge is -2.40. The summed E-state index contributed by atoms with van der Waals surface area (Å²) in [5.74, 6) is 1.83. The number of likely N-dealkylation sites (tertiary alicyclic amines) is 1. The van der Waals surface area contributed by atoms with Crippen LogP contribution in [0.2, 0.25) is 10.0 Å². The topological polar surface area (TPSA) is 101 Å². The van der Waals surface area contributed by atoms with Gasteiger partial charge in [-0.25, -0.2) is 14.4 Å². The van der Waals surface area contributed by atoms with Crippen molar-refractivity contribution in [1.82, 2.24) is 25.2 Å². The Kier molecular flexibility index (Phi) is 8.60. The molecule has 3 aromatic heterocycles. The molecule has 4 bridgehead atoms. The van der Waals surface area contributed by atoms with Gasteiger partial charge in [0.2, 0.25) is 5.91 Å². The van der Waals surface area contributed by atoms with Gasteiger partial charge < -0.3 is 20.1 Å². The number of aromatic nitrogens is 3. The molecule has 266 valence electrons. The minimum absolute atomic E-state index is 0.0845. The summed E-state index contributed by atoms with van der Waals surface area (Å²) >= 11 is 12.9. The van der Waals surface area contributed by atoms with Crippen LogP contribution >= 0.6 is 23.2 Å². The molecule has 52 heavy (non-hydrogen) atoms. The van der Waals surface area contributed by atoms with Gasteiger partial charge in [0.15, 0.2) is 5.82 Å². The number of hydrogen-bond acceptors (Lipinski definition) is 6. The second-order valence-corrected chi connectivity index (χ2v) is 16.0. The van der Waals surface area contributed by atoms with Crippen LogP contribution in [0.5, 0.6) is 0 Å². The van der Waals surface area contributed by atoms with Gasteiger partial charge in [-0.2, -0.15) is 5.26 Å². The molecule has 2 saturated carbocycles. The lowest BCUT2D eigenvalue weighted by Crippen LogP contribution is -2.47. The van der Waals surface area contributed by atoms with Gasteiger partial charge in [-0.15, -0.1) is 0 Å². The summed E-state index contributed by atoms with van der Waals surface area (Å²) in [6.45, 7) is 3.95. The van der Waals surface area contributed by atoms with Crippen LogP contribution in [0.3, 0.4) is 0 Å². The highest BCUT2D eigenvalue weighted by molar-refractivity contribution is 6.43. The number of hydrogen-bond donors (Lipinski definition) is 2. The van der Waals surface area contributed by atoms with E-state index in [-0.39, 0.29) is 46.9 Å². The fourth-order valence-electron chi connectivity index (χ4n) is 9.05. The van der Waals surface area contributed by atoms with Gasteiger partial charge >= 0.3 is 0 Å². The number of piperidine rings is 1. The number of carbonyl (C=O) groups is 1. The maximum Gasteiger partial charge on any atom is 0.226 e. The van der Waals surface area contributed by atoms with E-state index in [2.05, 4.69) is 37.2 Å². The molecule has 8 nitrogen and oxygen atoms in total. The van der Waals surface area contributed by atoms with Crippen molar-refractivity contribution < 1.29 is 9.18 Å². The lowest BCUT2D eigenvalue weighted by atomic mass is 9.87. The van der Waals surface area contributed by atoms with Crippen molar-refractivity contribution >= 4 is 56.7 Å². The number of fused-ring (bicyclic) bond motifs is 6. The Morgan fingerprint density at radius 3 is 2.60 bits per heavy atom. The number of nitriles is 1. The Morgan fingerprint density at radius 1 is 1.06 bits per heavy atom. The first-order valence-corrected chi connectivity index (χ1v) is 19.2. The van der Waals surface area contributed by atoms with Crippen molar-refractivity contribution in [3.63, 3.8) is 0 Å². The van der Waals surface area contributed by atoms with Crippen molar-refractivity contribution in [2.75, 3.05) is 18.0 Å². The second kappa shape index (κ2) is 13.3. The smallest absolute Gasteiger partial charge is 0.226 e. The summed E-state index contributed by atoms with van der Waals surface area (Å²) in [6, 6.07) is 18.4. The third kappa shape index (κ3) is 5.80. The molecule has 2 N–H and O–H groups in total. The summed E-state index contributed by atoms with van der Waals surface area (Å²) in [6.07, 6.45) is 8.86. The van der Waals surface area contributed by atoms with Crippen LogP contribution in [-0.2, 0) is 11.2 Å². The van der Waals surface area contributed by atoms with Gasteiger partial charge in [0.1, 0.15) is 11.3 Å². The molecule has 3 unspecified atom stereocenters. The Morgan fingerprint density at radius 2 is 1.90 bits per heavy atom. The number of rotatable bonds is 6. The standard InChI is InChI=1S/C36H31Cl2FN6O.C5H9N/c1-19-25-17-28(29-16-22-15-23(45(29)36(46)20-10-11-20)18-44(22)30-9-2-3-13-41-30)43-34(25)26-14-21(6-5-12-40)31(33(39)35(26)42-19)24-7-4-8-27(37)32(24)38;1-4-2-5(1)6-3-4/h2-4,7-9,13-14,17,20,22-23,29,43H,5-6,10-11,15-16,18H2,1H3;4-6H,1-3H2. The van der Waals surface area contributed by atoms with E-state index in [1.165, 1.54) is 19.4 Å². The Balaban J connectivity index is 0.000000539. The molecule has 0 radical (unpaired) electrons. The second-order valence-electron chi connectivity index (χ2n) is 15.2. The Hall–Kier alpha value is -4.23. The predicted molar refractivity (Wildman–Crippen MR) is 203 cm³/mol. The molecule has 2 aromatic carbocycles. The maximum atomic E-state index is 16.7. The molecular formula is C41H40Cl2FN7O. The number of nitrogens with one attached hydrogen (secondary N) is 2. The number of benzene rings is 2. The van der Waals surface area contributed by atoms with Crippen LogP contribution < -0.4 is 10.2 Å². The van der Waals surface area contributed by atoms with Crippen LogP contribution in [-0.4, -0.2) is 57.0 Å². The Labute approximate surface area is 312 Å². The minimum Gasteiger partial charge on any atom is -0.356 e. The van der Waals surface area contributed by atoms with E-state index in [4.69, 9.17) is 28.2 Å². The van der Waals surface area contributed by atoms with E-state index in [1.807, 2.05) is 37.4 Å². The molecule has 3 atom stereocenters. The molecular weight excluding hydrogens is 696 g/mol. The van der Waals surface area contributed by atoms with E-state index in [0.29, 0.717) is 39.2 Å². The summed E-state index contributed by atoms with van der Waals surface area (Å²) in [5.41, 5.74) is 4.06. The number of nitrogens with zero attached hydrogens (tertiary/aromatic N) is 5. The molecule has 6 fully saturated rings. The SMILES string of the molecule is C1NC2CC1C2.Cc1nc2c(F)c(-c3cccc(Cl)c3Cl)c(CCC#N)cc2c2[nH]c(C3CC4CC(CN4c4ccccn4)N3C(=O)C3CC3)cc12. The quantitative estimate of drug-likeness (QED) is 0.181. The van der Waals surface area contributed by atoms with Gasteiger partial charge in [0.25, 0.3) is 0 Å². The van der Waals surface area contributed by atoms with Crippen LogP contribution in [0.4, 0.5) is 10.2 Å². The first-order chi connectivity index (χ1) is 25.3. The number of H-pyrrole nitrogens is 1. The van der Waals surface area contributed by atoms with Crippen molar-refractivity contribution in [3.05, 3.63) is 87.5 Å². The zero-order valence-electron chi connectivity index (χ0n) is 29.0. The molecule has 7 heterocycles. The number of anilines is 1. The number of halogens is 3. The highest BCUT2D eigenvalue weighted by Gasteiger charge is 2.50. The number of aryl methyl sites for hydroxylation is 2. The zero-order chi connectivity index (χ0) is 35.7. The molecule has 11 rings (SSSR count). The van der Waals surface area contributed by atoms with Gasteiger partial charge in [-0.1, -0.05) is 41.4 Å². The van der Waals surface area contributed by atoms with E-state index in [9.17, 15) is 10.1 Å². The van der Waals surface area contributed by atoms with Gasteiger partial charge in [-0.05, 0) is 100 Å². The highest BCUT2D eigenvalue weighted by atomic mass is 35.5. The number of pyridine rings is 2. The van der Waals surface area contributed by atoms with Crippen molar-refractivity contribution in [3.8, 4) is 17.2 Å². The van der Waals surface area contributed by atoms with Crippen molar-refractivity contribution in [2.45, 2.75) is 82.5 Å². The van der Waals surface area contributed by atoms with Gasteiger partial charge in [0, 0.05) is 70.5 Å². The van der Waals surface area contributed by atoms with Gasteiger partial charge in [0.05, 0.1) is 33.7 Å². The summed E-state index contributed by atoms with van der Waals surface area (Å²) in [7, 11) is 0. The molecule has 11 heteroatoms. The molecule has 1 amide bonds. The summed E-state index contributed by atoms with van der Waals surface area (Å²) < 4.78 is 16.7. The highest BCUT2D eigenvalue weighted by Crippen LogP contribution is 2.47. The van der Waals surface area contributed by atoms with Crippen LogP contribution in [0, 0.1) is 35.9 Å². The summed E-state index contributed by atoms with van der Waals surface area (Å²) in [5, 5.41) is 14.9. The largest absolute Gasteiger partial charge is 0.356 e. The van der Waals surface area contributed by atoms with E-state index < -0.39 is 5.82 Å². The lowest BCUT2D eigenvalue weighted by molar-refractivity contribution is -0.138. The third-order valence-electron chi connectivity index (χ3n) is 11.9. The Bertz CT molecular complexity index is 2230. The minimum atomic E-state index is -0.497. The molecule has 0 spiro atoms. The van der Waals surface area contributed by atoms with Crippen LogP contribution in [0.1, 0.15) is 67.9 Å². The number of aromatic amines is 1. The first kappa shape index (κ1) is 33.6. The molecule has 6 aliphatic rings. The fourth-order valence-corrected chi connectivity index (χ4v) is 9.44. The van der Waals surface area contributed by atoms with Crippen LogP contribution in [0.15, 0.2) is 54.7 Å². The average Bonchev–Trinajstić information content (AvgIpc) is 3.44. The molecule has 4 aliphatic heterocycles. The van der Waals surface area contributed by atoms with Crippen LogP contribution in [0.25, 0.3) is 32.9 Å². The fraction of sp³-hybridized carbons (Fsp3) is 0.415. The van der Waals surface area contributed by atoms with E-state index in [1.54, 1.807) is 18.2 Å². The third-order valence-corrected chi connectivity index (χ3v) is 12.7. The summed E-state index contributed by atoms with van der Waals surface area (Å²) in [4.78, 5) is 31.4. The molecule has 5 aromatic rings. The van der Waals surface area contributed by atoms with Crippen molar-refractivity contribution in [2.24, 2.45) is 11.8 Å². The number of amides is 1. The maximum absolute atomic E-state index is 16.7. The van der Waals surface area contributed by atoms with E-state index >= 15 is 4.39 Å². The van der Waals surface area contributed by atoms with E-state index in [0.717, 1.165) is 66.6 Å². The monoisotopic (exact) mass is 735 g/mol. The first-order valence-electron chi connectivity index (χ1n) is 18.5. The van der Waals surface area contributed by atoms with Gasteiger partial charge in [-0.3, -0.25) is 4.79 Å². The number of carbonyl (C=O) groups excluding carboxylic acids is 1. The normalized spacial score (nSPS) is 24.5. The predicted octanol–water partition coefficient (Wildman–Crippen LogP) is 8.69. The average molecular weight is 737 g/mol. The molecule has 4 saturated heterocycles. The molecule has 2 aliphatic carbocycles. The van der Waals surface area contributed by atoms with Crippen molar-refractivity contribution in [1.29, 1.82) is 5.26 Å².